The van der Waals surface area contributed by atoms with E-state index in [9.17, 15) is 4.39 Å². The van der Waals surface area contributed by atoms with E-state index in [0.717, 1.165) is 0 Å². The summed E-state index contributed by atoms with van der Waals surface area (Å²) in [5.74, 6) is 0.0607. The minimum atomic E-state index is -0.416. The van der Waals surface area contributed by atoms with E-state index in [1.807, 2.05) is 0 Å². The van der Waals surface area contributed by atoms with Crippen LogP contribution in [0.15, 0.2) is 36.7 Å². The lowest BCUT2D eigenvalue weighted by atomic mass is 10.1. The number of nitrogens with zero attached hydrogens (tertiary/aromatic N) is 1. The molecular weight excluding hydrogens is 287 g/mol. The number of nitrogens with two attached hydrogens (primary N) is 1. The van der Waals surface area contributed by atoms with Gasteiger partial charge in [-0.15, -0.1) is 0 Å². The average Bonchev–Trinajstić information content (AvgIpc) is 2.37. The molecule has 0 aliphatic heterocycles. The van der Waals surface area contributed by atoms with Crippen LogP contribution in [0.4, 0.5) is 4.39 Å². The molecule has 0 aliphatic carbocycles. The predicted octanol–water partition coefficient (Wildman–Crippen LogP) is 3.09. The van der Waals surface area contributed by atoms with Gasteiger partial charge in [0.25, 0.3) is 0 Å². The van der Waals surface area contributed by atoms with Crippen molar-refractivity contribution >= 4 is 28.8 Å². The lowest BCUT2D eigenvalue weighted by molar-refractivity contribution is 0.298. The van der Waals surface area contributed by atoms with E-state index in [4.69, 9.17) is 34.3 Å². The summed E-state index contributed by atoms with van der Waals surface area (Å²) in [7, 11) is 0. The molecule has 0 unspecified atom stereocenters. The summed E-state index contributed by atoms with van der Waals surface area (Å²) < 4.78 is 19.2. The van der Waals surface area contributed by atoms with Gasteiger partial charge in [-0.2, -0.15) is 0 Å². The van der Waals surface area contributed by atoms with Crippen LogP contribution in [0.25, 0.3) is 0 Å². The van der Waals surface area contributed by atoms with Gasteiger partial charge in [0, 0.05) is 23.4 Å². The number of hydrogen-bond donors (Lipinski definition) is 1. The van der Waals surface area contributed by atoms with Crippen molar-refractivity contribution in [3.05, 3.63) is 58.6 Å². The molecule has 0 fully saturated rings. The van der Waals surface area contributed by atoms with E-state index in [0.29, 0.717) is 21.9 Å². The zero-order valence-corrected chi connectivity index (χ0v) is 11.3. The molecule has 0 radical (unpaired) electrons. The Bertz CT molecular complexity index is 621. The minimum absolute atomic E-state index is 0.0749. The summed E-state index contributed by atoms with van der Waals surface area (Å²) in [6, 6.07) is 6.13. The smallest absolute Gasteiger partial charge is 0.139 e. The summed E-state index contributed by atoms with van der Waals surface area (Å²) in [5.41, 5.74) is 6.31. The molecule has 3 nitrogen and oxygen atoms in total. The van der Waals surface area contributed by atoms with Crippen LogP contribution < -0.4 is 10.5 Å². The lowest BCUT2D eigenvalue weighted by Gasteiger charge is -2.08. The van der Waals surface area contributed by atoms with Crippen molar-refractivity contribution in [2.75, 3.05) is 0 Å². The fourth-order valence-electron chi connectivity index (χ4n) is 1.45. The molecule has 1 heterocycles. The normalized spacial score (nSPS) is 10.2. The number of ether oxygens (including phenoxy) is 1. The number of aromatic nitrogens is 1. The van der Waals surface area contributed by atoms with Crippen molar-refractivity contribution in [3.63, 3.8) is 0 Å². The van der Waals surface area contributed by atoms with Crippen LogP contribution in [0.3, 0.4) is 0 Å². The second-order valence-corrected chi connectivity index (χ2v) is 4.67. The molecule has 1 aromatic heterocycles. The van der Waals surface area contributed by atoms with Gasteiger partial charge in [-0.25, -0.2) is 4.39 Å². The summed E-state index contributed by atoms with van der Waals surface area (Å²) >= 11 is 10.5. The number of thiocarbonyl (C=S) groups is 1. The van der Waals surface area contributed by atoms with Crippen molar-refractivity contribution in [2.24, 2.45) is 5.73 Å². The molecule has 6 heteroatoms. The van der Waals surface area contributed by atoms with Gasteiger partial charge < -0.3 is 10.5 Å². The molecule has 0 spiro atoms. The van der Waals surface area contributed by atoms with Gasteiger partial charge in [0.05, 0.1) is 11.2 Å². The monoisotopic (exact) mass is 296 g/mol. The Balaban J connectivity index is 2.10. The topological polar surface area (TPSA) is 48.1 Å². The third-order valence-electron chi connectivity index (χ3n) is 2.41. The summed E-state index contributed by atoms with van der Waals surface area (Å²) in [4.78, 5) is 4.03. The molecule has 0 atom stereocenters. The van der Waals surface area contributed by atoms with Crippen molar-refractivity contribution in [2.45, 2.75) is 6.61 Å². The zero-order chi connectivity index (χ0) is 13.8. The van der Waals surface area contributed by atoms with E-state index in [2.05, 4.69) is 4.98 Å². The van der Waals surface area contributed by atoms with Gasteiger partial charge in [-0.1, -0.05) is 36.0 Å². The van der Waals surface area contributed by atoms with Gasteiger partial charge >= 0.3 is 0 Å². The standard InChI is InChI=1S/C13H10ClFN2OS/c14-10-4-11(6-17-5-10)18-7-9-2-1-8(13(16)19)3-12(9)15/h1-6H,7H2,(H2,16,19). The maximum absolute atomic E-state index is 13.8. The van der Waals surface area contributed by atoms with Crippen LogP contribution in [0.2, 0.25) is 5.02 Å². The number of pyridine rings is 1. The van der Waals surface area contributed by atoms with Crippen molar-refractivity contribution < 1.29 is 9.13 Å². The maximum atomic E-state index is 13.8. The zero-order valence-electron chi connectivity index (χ0n) is 9.77. The molecule has 0 aliphatic rings. The Labute approximate surface area is 120 Å². The molecular formula is C13H10ClFN2OS. The first kappa shape index (κ1) is 13.7. The number of halogens is 2. The highest BCUT2D eigenvalue weighted by molar-refractivity contribution is 7.80. The van der Waals surface area contributed by atoms with Gasteiger partial charge in [-0.3, -0.25) is 4.98 Å². The molecule has 2 rings (SSSR count). The third-order valence-corrected chi connectivity index (χ3v) is 2.85. The minimum Gasteiger partial charge on any atom is -0.487 e. The van der Waals surface area contributed by atoms with Crippen molar-refractivity contribution in [3.8, 4) is 5.75 Å². The molecule has 1 aromatic carbocycles. The van der Waals surface area contributed by atoms with E-state index in [-0.39, 0.29) is 11.6 Å². The van der Waals surface area contributed by atoms with Gasteiger partial charge in [0.15, 0.2) is 0 Å². The van der Waals surface area contributed by atoms with Gasteiger partial charge in [0.1, 0.15) is 23.2 Å². The summed E-state index contributed by atoms with van der Waals surface area (Å²) in [5, 5.41) is 0.460. The Morgan fingerprint density at radius 1 is 1.37 bits per heavy atom. The average molecular weight is 297 g/mol. The maximum Gasteiger partial charge on any atom is 0.139 e. The first-order valence-corrected chi connectivity index (χ1v) is 6.16. The van der Waals surface area contributed by atoms with E-state index >= 15 is 0 Å². The lowest BCUT2D eigenvalue weighted by Crippen LogP contribution is -2.10. The second kappa shape index (κ2) is 5.95. The largest absolute Gasteiger partial charge is 0.487 e. The Morgan fingerprint density at radius 3 is 2.79 bits per heavy atom. The summed E-state index contributed by atoms with van der Waals surface area (Å²) in [6.45, 7) is 0.0749. The highest BCUT2D eigenvalue weighted by Gasteiger charge is 2.06. The molecule has 0 saturated heterocycles. The molecule has 0 amide bonds. The van der Waals surface area contributed by atoms with Crippen LogP contribution in [-0.4, -0.2) is 9.97 Å². The molecule has 19 heavy (non-hydrogen) atoms. The number of benzene rings is 1. The fraction of sp³-hybridized carbons (Fsp3) is 0.0769. The second-order valence-electron chi connectivity index (χ2n) is 3.80. The number of rotatable bonds is 4. The highest BCUT2D eigenvalue weighted by atomic mass is 35.5. The Kier molecular flexibility index (Phi) is 4.29. The summed E-state index contributed by atoms with van der Waals surface area (Å²) in [6.07, 6.45) is 3.00. The molecule has 2 N–H and O–H groups in total. The quantitative estimate of drug-likeness (QED) is 0.881. The van der Waals surface area contributed by atoms with Crippen LogP contribution in [-0.2, 0) is 6.61 Å². The van der Waals surface area contributed by atoms with Crippen LogP contribution in [0.1, 0.15) is 11.1 Å². The Hall–Kier alpha value is -1.72. The number of hydrogen-bond acceptors (Lipinski definition) is 3. The predicted molar refractivity (Wildman–Crippen MR) is 75.9 cm³/mol. The molecule has 0 saturated carbocycles. The first-order chi connectivity index (χ1) is 9.06. The van der Waals surface area contributed by atoms with E-state index in [1.54, 1.807) is 18.2 Å². The third kappa shape index (κ3) is 3.62. The van der Waals surface area contributed by atoms with Gasteiger partial charge in [0.2, 0.25) is 0 Å². The Morgan fingerprint density at radius 2 is 2.16 bits per heavy atom. The molecule has 0 bridgehead atoms. The van der Waals surface area contributed by atoms with Crippen molar-refractivity contribution in [1.82, 2.24) is 4.98 Å². The van der Waals surface area contributed by atoms with Crippen molar-refractivity contribution in [1.29, 1.82) is 0 Å². The van der Waals surface area contributed by atoms with Crippen LogP contribution >= 0.6 is 23.8 Å². The van der Waals surface area contributed by atoms with E-state index in [1.165, 1.54) is 18.5 Å². The fourth-order valence-corrected chi connectivity index (χ4v) is 1.74. The first-order valence-electron chi connectivity index (χ1n) is 5.38. The molecule has 2 aromatic rings. The highest BCUT2D eigenvalue weighted by Crippen LogP contribution is 2.18. The SMILES string of the molecule is NC(=S)c1ccc(COc2cncc(Cl)c2)c(F)c1. The molecule has 98 valence electrons. The van der Waals surface area contributed by atoms with Crippen LogP contribution in [0, 0.1) is 5.82 Å². The van der Waals surface area contributed by atoms with E-state index < -0.39 is 5.82 Å². The van der Waals surface area contributed by atoms with Crippen LogP contribution in [0.5, 0.6) is 5.75 Å². The van der Waals surface area contributed by atoms with Gasteiger partial charge in [-0.05, 0) is 6.07 Å².